The minimum atomic E-state index is -3.56. The van der Waals surface area contributed by atoms with Gasteiger partial charge in [0.1, 0.15) is 0 Å². The van der Waals surface area contributed by atoms with Gasteiger partial charge < -0.3 is 14.2 Å². The molecule has 1 atom stereocenters. The Bertz CT molecular complexity index is 1200. The van der Waals surface area contributed by atoms with Crippen LogP contribution in [-0.4, -0.2) is 61.6 Å². The van der Waals surface area contributed by atoms with Gasteiger partial charge in [0, 0.05) is 37.3 Å². The van der Waals surface area contributed by atoms with Gasteiger partial charge in [-0.3, -0.25) is 4.79 Å². The number of rotatable bonds is 5. The molecule has 9 nitrogen and oxygen atoms in total. The van der Waals surface area contributed by atoms with Gasteiger partial charge in [-0.15, -0.1) is 0 Å². The average Bonchev–Trinajstić information content (AvgIpc) is 3.47. The molecule has 2 saturated heterocycles. The van der Waals surface area contributed by atoms with Crippen molar-refractivity contribution >= 4 is 21.6 Å². The molecular formula is C22H22N4O5S. The summed E-state index contributed by atoms with van der Waals surface area (Å²) in [6.07, 6.45) is 0.299. The number of nitrogens with zero attached hydrogens (tertiary/aromatic N) is 4. The predicted molar refractivity (Wildman–Crippen MR) is 115 cm³/mol. The van der Waals surface area contributed by atoms with E-state index in [0.717, 1.165) is 5.69 Å². The molecule has 5 rings (SSSR count). The molecule has 0 spiro atoms. The molecule has 2 aromatic carbocycles. The van der Waals surface area contributed by atoms with E-state index in [1.165, 1.54) is 4.31 Å². The quantitative estimate of drug-likeness (QED) is 0.582. The van der Waals surface area contributed by atoms with Gasteiger partial charge in [-0.2, -0.15) is 9.29 Å². The smallest absolute Gasteiger partial charge is 0.243 e. The van der Waals surface area contributed by atoms with Gasteiger partial charge in [0.05, 0.1) is 24.0 Å². The van der Waals surface area contributed by atoms with Crippen LogP contribution in [0.2, 0.25) is 0 Å². The molecule has 3 heterocycles. The second-order valence-corrected chi connectivity index (χ2v) is 9.68. The van der Waals surface area contributed by atoms with E-state index in [0.29, 0.717) is 56.5 Å². The lowest BCUT2D eigenvalue weighted by Gasteiger charge is -2.26. The van der Waals surface area contributed by atoms with Crippen LogP contribution in [0.4, 0.5) is 5.69 Å². The SMILES string of the molecule is O=C1C[C@H](c2nc(-c3ccc(S(=O)(=O)N4CCOCC4)cc3)no2)CN1c1ccccc1. The second kappa shape index (κ2) is 8.45. The summed E-state index contributed by atoms with van der Waals surface area (Å²) in [5.74, 6) is 0.585. The molecule has 0 N–H and O–H groups in total. The van der Waals surface area contributed by atoms with Gasteiger partial charge in [-0.1, -0.05) is 23.4 Å². The van der Waals surface area contributed by atoms with Crippen LogP contribution in [-0.2, 0) is 19.6 Å². The van der Waals surface area contributed by atoms with Crippen molar-refractivity contribution in [2.45, 2.75) is 17.2 Å². The number of anilines is 1. The number of sulfonamides is 1. The molecule has 10 heteroatoms. The van der Waals surface area contributed by atoms with Gasteiger partial charge in [0.15, 0.2) is 0 Å². The topological polar surface area (TPSA) is 106 Å². The average molecular weight is 455 g/mol. The second-order valence-electron chi connectivity index (χ2n) is 7.74. The number of ether oxygens (including phenoxy) is 1. The lowest BCUT2D eigenvalue weighted by atomic mass is 10.1. The zero-order valence-electron chi connectivity index (χ0n) is 17.3. The molecule has 166 valence electrons. The number of carbonyl (C=O) groups is 1. The molecule has 0 aliphatic carbocycles. The predicted octanol–water partition coefficient (Wildman–Crippen LogP) is 2.28. The number of amides is 1. The fourth-order valence-corrected chi connectivity index (χ4v) is 5.37. The summed E-state index contributed by atoms with van der Waals surface area (Å²) in [5.41, 5.74) is 1.49. The summed E-state index contributed by atoms with van der Waals surface area (Å²) in [4.78, 5) is 18.9. The van der Waals surface area contributed by atoms with Crippen molar-refractivity contribution in [3.05, 3.63) is 60.5 Å². The first kappa shape index (κ1) is 20.8. The summed E-state index contributed by atoms with van der Waals surface area (Å²) < 4.78 is 37.7. The number of hydrogen-bond donors (Lipinski definition) is 0. The molecular weight excluding hydrogens is 432 g/mol. The van der Waals surface area contributed by atoms with E-state index in [9.17, 15) is 13.2 Å². The Hall–Kier alpha value is -3.08. The Balaban J connectivity index is 1.31. The first-order valence-electron chi connectivity index (χ1n) is 10.4. The molecule has 0 radical (unpaired) electrons. The minimum absolute atomic E-state index is 0.0126. The van der Waals surface area contributed by atoms with E-state index in [4.69, 9.17) is 9.26 Å². The van der Waals surface area contributed by atoms with Gasteiger partial charge in [-0.05, 0) is 36.4 Å². The highest BCUT2D eigenvalue weighted by molar-refractivity contribution is 7.89. The summed E-state index contributed by atoms with van der Waals surface area (Å²) in [5, 5.41) is 4.04. The van der Waals surface area contributed by atoms with Gasteiger partial charge >= 0.3 is 0 Å². The first-order chi connectivity index (χ1) is 15.5. The Morgan fingerprint density at radius 3 is 2.41 bits per heavy atom. The fraction of sp³-hybridized carbons (Fsp3) is 0.318. The molecule has 0 saturated carbocycles. The van der Waals surface area contributed by atoms with E-state index in [-0.39, 0.29) is 16.7 Å². The van der Waals surface area contributed by atoms with Crippen LogP contribution >= 0.6 is 0 Å². The summed E-state index contributed by atoms with van der Waals surface area (Å²) in [6.45, 7) is 1.96. The number of benzene rings is 2. The largest absolute Gasteiger partial charge is 0.379 e. The van der Waals surface area contributed by atoms with Crippen LogP contribution in [0.1, 0.15) is 18.2 Å². The van der Waals surface area contributed by atoms with Crippen LogP contribution < -0.4 is 4.90 Å². The number of hydrogen-bond acceptors (Lipinski definition) is 7. The zero-order chi connectivity index (χ0) is 22.1. The molecule has 2 fully saturated rings. The number of aromatic nitrogens is 2. The van der Waals surface area contributed by atoms with Crippen molar-refractivity contribution in [1.29, 1.82) is 0 Å². The zero-order valence-corrected chi connectivity index (χ0v) is 18.1. The third-order valence-corrected chi connectivity index (χ3v) is 7.62. The normalized spacial score (nSPS) is 20.1. The molecule has 2 aliphatic rings. The molecule has 32 heavy (non-hydrogen) atoms. The highest BCUT2D eigenvalue weighted by atomic mass is 32.2. The van der Waals surface area contributed by atoms with Crippen LogP contribution in [0.3, 0.4) is 0 Å². The Kier molecular flexibility index (Phi) is 5.50. The minimum Gasteiger partial charge on any atom is -0.379 e. The lowest BCUT2D eigenvalue weighted by Crippen LogP contribution is -2.40. The Labute approximate surface area is 185 Å². The number of carbonyl (C=O) groups excluding carboxylic acids is 1. The summed E-state index contributed by atoms with van der Waals surface area (Å²) in [7, 11) is -3.56. The van der Waals surface area contributed by atoms with E-state index >= 15 is 0 Å². The monoisotopic (exact) mass is 454 g/mol. The van der Waals surface area contributed by atoms with Crippen LogP contribution in [0.15, 0.2) is 64.0 Å². The number of morpholine rings is 1. The van der Waals surface area contributed by atoms with E-state index < -0.39 is 10.0 Å². The van der Waals surface area contributed by atoms with Crippen molar-refractivity contribution < 1.29 is 22.5 Å². The standard InChI is InChI=1S/C22H22N4O5S/c27-20-14-17(15-26(20)18-4-2-1-3-5-18)22-23-21(24-31-22)16-6-8-19(9-7-16)32(28,29)25-10-12-30-13-11-25/h1-9,17H,10-15H2/t17-/m0/s1. The fourth-order valence-electron chi connectivity index (χ4n) is 3.96. The van der Waals surface area contributed by atoms with Crippen molar-refractivity contribution in [1.82, 2.24) is 14.4 Å². The molecule has 3 aromatic rings. The lowest BCUT2D eigenvalue weighted by molar-refractivity contribution is -0.117. The van der Waals surface area contributed by atoms with E-state index in [1.54, 1.807) is 29.2 Å². The Morgan fingerprint density at radius 1 is 0.969 bits per heavy atom. The summed E-state index contributed by atoms with van der Waals surface area (Å²) in [6, 6.07) is 15.9. The maximum Gasteiger partial charge on any atom is 0.243 e. The molecule has 1 amide bonds. The molecule has 0 unspecified atom stereocenters. The highest BCUT2D eigenvalue weighted by Gasteiger charge is 2.35. The number of para-hydroxylation sites is 1. The highest BCUT2D eigenvalue weighted by Crippen LogP contribution is 2.32. The van der Waals surface area contributed by atoms with Crippen molar-refractivity contribution in [3.63, 3.8) is 0 Å². The van der Waals surface area contributed by atoms with Crippen molar-refractivity contribution in [3.8, 4) is 11.4 Å². The van der Waals surface area contributed by atoms with Gasteiger partial charge in [0.2, 0.25) is 27.6 Å². The molecule has 0 bridgehead atoms. The molecule has 2 aliphatic heterocycles. The van der Waals surface area contributed by atoms with Crippen LogP contribution in [0.25, 0.3) is 11.4 Å². The van der Waals surface area contributed by atoms with Crippen LogP contribution in [0, 0.1) is 0 Å². The third-order valence-electron chi connectivity index (χ3n) is 5.70. The first-order valence-corrected chi connectivity index (χ1v) is 11.8. The van der Waals surface area contributed by atoms with Crippen molar-refractivity contribution in [2.24, 2.45) is 0 Å². The van der Waals surface area contributed by atoms with Crippen LogP contribution in [0.5, 0.6) is 0 Å². The third kappa shape index (κ3) is 3.92. The van der Waals surface area contributed by atoms with Crippen molar-refractivity contribution in [2.75, 3.05) is 37.7 Å². The van der Waals surface area contributed by atoms with Gasteiger partial charge in [0.25, 0.3) is 0 Å². The summed E-state index contributed by atoms with van der Waals surface area (Å²) >= 11 is 0. The van der Waals surface area contributed by atoms with Gasteiger partial charge in [-0.25, -0.2) is 8.42 Å². The van der Waals surface area contributed by atoms with E-state index in [2.05, 4.69) is 10.1 Å². The van der Waals surface area contributed by atoms with E-state index in [1.807, 2.05) is 30.3 Å². The maximum atomic E-state index is 12.8. The molecule has 1 aromatic heterocycles. The maximum absolute atomic E-state index is 12.8. The Morgan fingerprint density at radius 2 is 1.69 bits per heavy atom.